The predicted molar refractivity (Wildman–Crippen MR) is 99.7 cm³/mol. The van der Waals surface area contributed by atoms with Crippen molar-refractivity contribution in [2.24, 2.45) is 0 Å². The minimum atomic E-state index is 0.394. The lowest BCUT2D eigenvalue weighted by molar-refractivity contribution is 0.290. The summed E-state index contributed by atoms with van der Waals surface area (Å²) in [6, 6.07) is 2.14. The van der Waals surface area contributed by atoms with Gasteiger partial charge >= 0.3 is 0 Å². The summed E-state index contributed by atoms with van der Waals surface area (Å²) in [6.45, 7) is 12.5. The van der Waals surface area contributed by atoms with Crippen molar-refractivity contribution in [1.82, 2.24) is 29.5 Å². The quantitative estimate of drug-likeness (QED) is 0.722. The van der Waals surface area contributed by atoms with Gasteiger partial charge in [0.15, 0.2) is 0 Å². The number of aryl methyl sites for hydroxylation is 3. The van der Waals surface area contributed by atoms with E-state index >= 15 is 0 Å². The molecule has 0 aliphatic carbocycles. The minimum absolute atomic E-state index is 0.394. The number of aromatic nitrogens is 5. The Morgan fingerprint density at radius 3 is 2.88 bits per heavy atom. The van der Waals surface area contributed by atoms with Crippen LogP contribution in [0.4, 0.5) is 0 Å². The molecular weight excluding hydrogens is 332 g/mol. The number of likely N-dealkylation sites (tertiary alicyclic amines) is 1. The SMILES string of the molecule is C=C(c1sc(C)nc1C)N1CCCC(c2cc(C)nc3ncnn23)C1. The van der Waals surface area contributed by atoms with Crippen LogP contribution in [0.5, 0.6) is 0 Å². The molecule has 4 heterocycles. The Bertz CT molecular complexity index is 940. The van der Waals surface area contributed by atoms with Gasteiger partial charge in [0.25, 0.3) is 5.78 Å². The van der Waals surface area contributed by atoms with E-state index in [1.165, 1.54) is 10.6 Å². The lowest BCUT2D eigenvalue weighted by Gasteiger charge is -2.35. The first-order chi connectivity index (χ1) is 12.0. The molecule has 1 saturated heterocycles. The highest BCUT2D eigenvalue weighted by atomic mass is 32.1. The third kappa shape index (κ3) is 2.93. The fourth-order valence-electron chi connectivity index (χ4n) is 3.66. The summed E-state index contributed by atoms with van der Waals surface area (Å²) in [6.07, 6.45) is 3.86. The normalized spacial score (nSPS) is 18.0. The minimum Gasteiger partial charge on any atom is -0.370 e. The Morgan fingerprint density at radius 2 is 2.12 bits per heavy atom. The van der Waals surface area contributed by atoms with Gasteiger partial charge in [0.2, 0.25) is 0 Å². The summed E-state index contributed by atoms with van der Waals surface area (Å²) in [5.74, 6) is 1.07. The van der Waals surface area contributed by atoms with Crippen molar-refractivity contribution in [1.29, 1.82) is 0 Å². The van der Waals surface area contributed by atoms with Gasteiger partial charge in [0, 0.05) is 30.4 Å². The van der Waals surface area contributed by atoms with Crippen LogP contribution >= 0.6 is 11.3 Å². The molecule has 1 aliphatic heterocycles. The lowest BCUT2D eigenvalue weighted by atomic mass is 9.93. The van der Waals surface area contributed by atoms with Gasteiger partial charge < -0.3 is 4.90 Å². The first-order valence-corrected chi connectivity index (χ1v) is 9.40. The van der Waals surface area contributed by atoms with Crippen molar-refractivity contribution in [3.05, 3.63) is 45.9 Å². The van der Waals surface area contributed by atoms with Gasteiger partial charge in [0.05, 0.1) is 21.3 Å². The number of hydrogen-bond acceptors (Lipinski definition) is 6. The summed E-state index contributed by atoms with van der Waals surface area (Å²) in [5.41, 5.74) is 4.34. The molecule has 6 nitrogen and oxygen atoms in total. The summed E-state index contributed by atoms with van der Waals surface area (Å²) >= 11 is 1.73. The molecule has 1 aliphatic rings. The van der Waals surface area contributed by atoms with E-state index < -0.39 is 0 Å². The van der Waals surface area contributed by atoms with Crippen molar-refractivity contribution in [2.75, 3.05) is 13.1 Å². The zero-order chi connectivity index (χ0) is 17.6. The first-order valence-electron chi connectivity index (χ1n) is 8.58. The Morgan fingerprint density at radius 1 is 1.28 bits per heavy atom. The predicted octanol–water partition coefficient (Wildman–Crippen LogP) is 3.36. The van der Waals surface area contributed by atoms with Crippen LogP contribution < -0.4 is 0 Å². The number of fused-ring (bicyclic) bond motifs is 1. The van der Waals surface area contributed by atoms with Crippen molar-refractivity contribution in [3.8, 4) is 0 Å². The van der Waals surface area contributed by atoms with Crippen LogP contribution in [0.15, 0.2) is 19.0 Å². The monoisotopic (exact) mass is 354 g/mol. The van der Waals surface area contributed by atoms with Crippen LogP contribution in [-0.2, 0) is 0 Å². The number of nitrogens with zero attached hydrogens (tertiary/aromatic N) is 6. The van der Waals surface area contributed by atoms with Gasteiger partial charge in [-0.25, -0.2) is 14.5 Å². The van der Waals surface area contributed by atoms with Gasteiger partial charge in [-0.05, 0) is 39.7 Å². The van der Waals surface area contributed by atoms with Gasteiger partial charge in [0.1, 0.15) is 6.33 Å². The van der Waals surface area contributed by atoms with E-state index in [1.54, 1.807) is 17.7 Å². The van der Waals surface area contributed by atoms with Crippen LogP contribution in [-0.4, -0.2) is 42.6 Å². The number of piperidine rings is 1. The average Bonchev–Trinajstić information content (AvgIpc) is 3.19. The molecule has 1 unspecified atom stereocenters. The molecule has 130 valence electrons. The van der Waals surface area contributed by atoms with Crippen molar-refractivity contribution in [3.63, 3.8) is 0 Å². The molecule has 0 saturated carbocycles. The zero-order valence-electron chi connectivity index (χ0n) is 14.9. The second-order valence-corrected chi connectivity index (χ2v) is 7.88. The van der Waals surface area contributed by atoms with Crippen molar-refractivity contribution in [2.45, 2.75) is 39.5 Å². The molecule has 3 aromatic rings. The van der Waals surface area contributed by atoms with Gasteiger partial charge in [-0.15, -0.1) is 11.3 Å². The van der Waals surface area contributed by atoms with E-state index in [4.69, 9.17) is 0 Å². The van der Waals surface area contributed by atoms with E-state index in [0.29, 0.717) is 11.7 Å². The molecule has 7 heteroatoms. The maximum Gasteiger partial charge on any atom is 0.252 e. The summed E-state index contributed by atoms with van der Waals surface area (Å²) < 4.78 is 1.88. The molecule has 1 fully saturated rings. The third-order valence-corrected chi connectivity index (χ3v) is 5.92. The number of thiazole rings is 1. The molecule has 0 spiro atoms. The second-order valence-electron chi connectivity index (χ2n) is 6.67. The van der Waals surface area contributed by atoms with Crippen LogP contribution in [0.25, 0.3) is 11.5 Å². The zero-order valence-corrected chi connectivity index (χ0v) is 15.7. The molecular formula is C18H22N6S. The standard InChI is InChI=1S/C18H22N6S/c1-11-8-16(24-18(21-11)19-10-20-24)15-6-5-7-23(9-15)13(3)17-12(2)22-14(4)25-17/h8,10,15H,3,5-7,9H2,1-2,4H3. The lowest BCUT2D eigenvalue weighted by Crippen LogP contribution is -2.33. The van der Waals surface area contributed by atoms with Gasteiger partial charge in [-0.1, -0.05) is 6.58 Å². The van der Waals surface area contributed by atoms with Crippen LogP contribution in [0.1, 0.15) is 45.7 Å². The third-order valence-electron chi connectivity index (χ3n) is 4.79. The fourth-order valence-corrected chi connectivity index (χ4v) is 4.57. The van der Waals surface area contributed by atoms with Crippen LogP contribution in [0.3, 0.4) is 0 Å². The highest BCUT2D eigenvalue weighted by Gasteiger charge is 2.26. The molecule has 3 aromatic heterocycles. The van der Waals surface area contributed by atoms with E-state index in [1.807, 2.05) is 11.4 Å². The average molecular weight is 354 g/mol. The van der Waals surface area contributed by atoms with Crippen molar-refractivity contribution < 1.29 is 0 Å². The summed E-state index contributed by atoms with van der Waals surface area (Å²) in [7, 11) is 0. The first kappa shape index (κ1) is 16.2. The van der Waals surface area contributed by atoms with E-state index in [-0.39, 0.29) is 0 Å². The molecule has 25 heavy (non-hydrogen) atoms. The molecule has 0 aromatic carbocycles. The molecule has 4 rings (SSSR count). The molecule has 0 amide bonds. The summed E-state index contributed by atoms with van der Waals surface area (Å²) in [5, 5.41) is 5.47. The maximum absolute atomic E-state index is 4.55. The van der Waals surface area contributed by atoms with Crippen LogP contribution in [0.2, 0.25) is 0 Å². The second kappa shape index (κ2) is 6.22. The number of rotatable bonds is 3. The molecule has 0 radical (unpaired) electrons. The maximum atomic E-state index is 4.55. The molecule has 0 bridgehead atoms. The van der Waals surface area contributed by atoms with Crippen molar-refractivity contribution >= 4 is 22.8 Å². The summed E-state index contributed by atoms with van der Waals surface area (Å²) in [4.78, 5) is 16.9. The molecule has 0 N–H and O–H groups in total. The topological polar surface area (TPSA) is 59.2 Å². The van der Waals surface area contributed by atoms with E-state index in [2.05, 4.69) is 51.4 Å². The number of hydrogen-bond donors (Lipinski definition) is 0. The largest absolute Gasteiger partial charge is 0.370 e. The van der Waals surface area contributed by atoms with E-state index in [9.17, 15) is 0 Å². The highest BCUT2D eigenvalue weighted by molar-refractivity contribution is 7.12. The fraction of sp³-hybridized carbons (Fsp3) is 0.444. The molecule has 1 atom stereocenters. The highest BCUT2D eigenvalue weighted by Crippen LogP contribution is 2.34. The Labute approximate surface area is 151 Å². The Hall–Kier alpha value is -2.28. The Balaban J connectivity index is 1.63. The van der Waals surface area contributed by atoms with Crippen LogP contribution in [0, 0.1) is 20.8 Å². The van der Waals surface area contributed by atoms with E-state index in [0.717, 1.165) is 48.0 Å². The van der Waals surface area contributed by atoms with Gasteiger partial charge in [-0.2, -0.15) is 10.1 Å². The smallest absolute Gasteiger partial charge is 0.252 e. The Kier molecular flexibility index (Phi) is 4.03. The van der Waals surface area contributed by atoms with Gasteiger partial charge in [-0.3, -0.25) is 0 Å².